The lowest BCUT2D eigenvalue weighted by atomic mass is 10.1. The van der Waals surface area contributed by atoms with Crippen LogP contribution >= 0.6 is 0 Å². The third-order valence-corrected chi connectivity index (χ3v) is 6.63. The first-order valence-electron chi connectivity index (χ1n) is 11.7. The molecule has 3 N–H and O–H groups in total. The molecule has 0 fully saturated rings. The topological polar surface area (TPSA) is 67.8 Å². The summed E-state index contributed by atoms with van der Waals surface area (Å²) in [4.78, 5) is 13.1. The van der Waals surface area contributed by atoms with Gasteiger partial charge in [0.1, 0.15) is 5.66 Å². The fraction of sp³-hybridized carbons (Fsp3) is 0.143. The van der Waals surface area contributed by atoms with E-state index in [2.05, 4.69) is 106 Å². The zero-order chi connectivity index (χ0) is 22.5. The van der Waals surface area contributed by atoms with Crippen molar-refractivity contribution >= 4 is 29.3 Å². The van der Waals surface area contributed by atoms with E-state index in [1.165, 1.54) is 11.3 Å². The molecule has 7 rings (SSSR count). The van der Waals surface area contributed by atoms with Crippen molar-refractivity contribution in [1.29, 1.82) is 0 Å². The first kappa shape index (κ1) is 19.3. The second kappa shape index (κ2) is 7.43. The van der Waals surface area contributed by atoms with E-state index < -0.39 is 5.66 Å². The lowest BCUT2D eigenvalue weighted by Crippen LogP contribution is -2.59. The van der Waals surface area contributed by atoms with Gasteiger partial charge < -0.3 is 15.3 Å². The fourth-order valence-electron chi connectivity index (χ4n) is 5.06. The van der Waals surface area contributed by atoms with Crippen LogP contribution in [0.1, 0.15) is 12.0 Å². The van der Waals surface area contributed by atoms with E-state index in [1.807, 2.05) is 6.08 Å². The molecule has 0 saturated heterocycles. The van der Waals surface area contributed by atoms with Crippen LogP contribution in [0.5, 0.6) is 0 Å². The average Bonchev–Trinajstić information content (AvgIpc) is 3.65. The lowest BCUT2D eigenvalue weighted by molar-refractivity contribution is 0.366. The molecule has 6 nitrogen and oxygen atoms in total. The Morgan fingerprint density at radius 2 is 1.62 bits per heavy atom. The third-order valence-electron chi connectivity index (χ3n) is 6.63. The maximum Gasteiger partial charge on any atom is 0.130 e. The predicted molar refractivity (Wildman–Crippen MR) is 137 cm³/mol. The van der Waals surface area contributed by atoms with E-state index in [0.29, 0.717) is 0 Å². The van der Waals surface area contributed by atoms with Gasteiger partial charge >= 0.3 is 0 Å². The van der Waals surface area contributed by atoms with Crippen molar-refractivity contribution in [3.8, 4) is 0 Å². The molecular formula is C28H24N6. The molecule has 34 heavy (non-hydrogen) atoms. The number of para-hydroxylation sites is 1. The number of fused-ring (bicyclic) bond motifs is 7. The van der Waals surface area contributed by atoms with Crippen molar-refractivity contribution in [2.75, 3.05) is 11.6 Å². The molecule has 6 heterocycles. The van der Waals surface area contributed by atoms with Gasteiger partial charge in [0.2, 0.25) is 0 Å². The second-order valence-corrected chi connectivity index (χ2v) is 9.14. The number of nitrogens with zero attached hydrogens (tertiary/aromatic N) is 3. The molecule has 1 aromatic heterocycles. The van der Waals surface area contributed by atoms with E-state index in [4.69, 9.17) is 9.98 Å². The van der Waals surface area contributed by atoms with Gasteiger partial charge in [-0.25, -0.2) is 15.4 Å². The summed E-state index contributed by atoms with van der Waals surface area (Å²) in [6, 6.07) is 12.7. The van der Waals surface area contributed by atoms with Gasteiger partial charge in [-0.1, -0.05) is 24.3 Å². The third kappa shape index (κ3) is 3.49. The minimum Gasteiger partial charge on any atom is -0.363 e. The monoisotopic (exact) mass is 444 g/mol. The summed E-state index contributed by atoms with van der Waals surface area (Å²) >= 11 is 0. The number of H-pyrrole nitrogens is 1. The molecule has 166 valence electrons. The zero-order valence-corrected chi connectivity index (χ0v) is 18.6. The molecule has 6 heteroatoms. The maximum atomic E-state index is 4.88. The highest BCUT2D eigenvalue weighted by Crippen LogP contribution is 2.31. The quantitative estimate of drug-likeness (QED) is 0.667. The normalized spacial score (nSPS) is 23.9. The summed E-state index contributed by atoms with van der Waals surface area (Å²) in [6.07, 6.45) is 20.7. The van der Waals surface area contributed by atoms with E-state index in [-0.39, 0.29) is 0 Å². The van der Waals surface area contributed by atoms with Crippen LogP contribution in [0.15, 0.2) is 106 Å². The number of aliphatic imine (C=N–C) groups is 2. The molecule has 0 spiro atoms. The van der Waals surface area contributed by atoms with Gasteiger partial charge in [-0.05, 0) is 78.8 Å². The summed E-state index contributed by atoms with van der Waals surface area (Å²) in [5, 5.41) is 8.04. The molecule has 1 aromatic carbocycles. The highest BCUT2D eigenvalue weighted by molar-refractivity contribution is 6.20. The van der Waals surface area contributed by atoms with Crippen molar-refractivity contribution < 1.29 is 0 Å². The second-order valence-electron chi connectivity index (χ2n) is 9.14. The van der Waals surface area contributed by atoms with Gasteiger partial charge in [-0.3, -0.25) is 0 Å². The van der Waals surface area contributed by atoms with Crippen LogP contribution in [-0.4, -0.2) is 28.6 Å². The van der Waals surface area contributed by atoms with Gasteiger partial charge in [0.25, 0.3) is 0 Å². The molecule has 0 amide bonds. The molecular weight excluding hydrogens is 420 g/mol. The van der Waals surface area contributed by atoms with E-state index in [1.54, 1.807) is 0 Å². The van der Waals surface area contributed by atoms with Crippen LogP contribution in [0, 0.1) is 0 Å². The van der Waals surface area contributed by atoms with E-state index in [9.17, 15) is 0 Å². The highest BCUT2D eigenvalue weighted by Gasteiger charge is 2.35. The van der Waals surface area contributed by atoms with E-state index in [0.717, 1.165) is 58.6 Å². The summed E-state index contributed by atoms with van der Waals surface area (Å²) < 4.78 is 0. The summed E-state index contributed by atoms with van der Waals surface area (Å²) in [5.41, 5.74) is 10.7. The predicted octanol–water partition coefficient (Wildman–Crippen LogP) is 2.52. The summed E-state index contributed by atoms with van der Waals surface area (Å²) in [7, 11) is 0. The Kier molecular flexibility index (Phi) is 4.22. The Morgan fingerprint density at radius 1 is 0.853 bits per heavy atom. The minimum atomic E-state index is -0.486. The number of benzene rings is 1. The lowest BCUT2D eigenvalue weighted by Gasteiger charge is -2.35. The molecule has 5 aliphatic rings. The van der Waals surface area contributed by atoms with Gasteiger partial charge in [-0.2, -0.15) is 0 Å². The maximum absolute atomic E-state index is 4.88. The molecule has 1 atom stereocenters. The highest BCUT2D eigenvalue weighted by atomic mass is 15.6. The molecule has 8 bridgehead atoms. The molecule has 0 saturated carbocycles. The number of aromatic amines is 1. The number of allylic oxidation sites excluding steroid dienone is 5. The first-order chi connectivity index (χ1) is 16.7. The fourth-order valence-corrected chi connectivity index (χ4v) is 5.06. The standard InChI is InChI=1S/C28H24N6/c1-2-4-27-19(3-1)12-14-34(27)33-28-13-11-25(32-28)17-24-8-7-21(30-24)15-20-5-6-22(29-20)16-23-9-10-26(18-28)31-23/h1-11,15-18,29,32-33H,12-14H2/t28-/m0/s1. The summed E-state index contributed by atoms with van der Waals surface area (Å²) in [6.45, 7) is 0.932. The Hall–Kier alpha value is -4.16. The van der Waals surface area contributed by atoms with Crippen LogP contribution in [0.2, 0.25) is 0 Å². The number of aromatic nitrogens is 1. The largest absolute Gasteiger partial charge is 0.363 e. The Morgan fingerprint density at radius 3 is 2.47 bits per heavy atom. The number of hydrogen-bond acceptors (Lipinski definition) is 5. The molecule has 0 unspecified atom stereocenters. The number of anilines is 1. The Bertz CT molecular complexity index is 1540. The number of rotatable bonds is 2. The van der Waals surface area contributed by atoms with Crippen LogP contribution < -0.4 is 26.4 Å². The molecule has 5 aliphatic heterocycles. The molecule has 2 aromatic rings. The van der Waals surface area contributed by atoms with Gasteiger partial charge in [0, 0.05) is 29.4 Å². The molecule has 0 aliphatic carbocycles. The molecule has 0 radical (unpaired) electrons. The van der Waals surface area contributed by atoms with Crippen LogP contribution in [0.4, 0.5) is 5.69 Å². The van der Waals surface area contributed by atoms with Crippen molar-refractivity contribution in [2.45, 2.75) is 18.5 Å². The Labute approximate surface area is 197 Å². The van der Waals surface area contributed by atoms with Gasteiger partial charge in [0.05, 0.1) is 28.5 Å². The van der Waals surface area contributed by atoms with Crippen molar-refractivity contribution in [3.63, 3.8) is 0 Å². The van der Waals surface area contributed by atoms with Crippen LogP contribution in [-0.2, 0) is 6.42 Å². The summed E-state index contributed by atoms with van der Waals surface area (Å²) in [5.74, 6) is 0. The van der Waals surface area contributed by atoms with Crippen molar-refractivity contribution in [1.82, 2.24) is 15.7 Å². The number of nitrogens with one attached hydrogen (secondary N) is 3. The van der Waals surface area contributed by atoms with E-state index >= 15 is 0 Å². The minimum absolute atomic E-state index is 0.486. The zero-order valence-electron chi connectivity index (χ0n) is 18.6. The van der Waals surface area contributed by atoms with Gasteiger partial charge in [-0.15, -0.1) is 0 Å². The van der Waals surface area contributed by atoms with Crippen LogP contribution in [0.3, 0.4) is 0 Å². The van der Waals surface area contributed by atoms with Crippen LogP contribution in [0.25, 0.3) is 12.2 Å². The first-order valence-corrected chi connectivity index (χ1v) is 11.7. The smallest absolute Gasteiger partial charge is 0.130 e. The number of hydrogen-bond donors (Lipinski definition) is 3. The SMILES string of the molecule is C1=CC2=NC1=CC1=CC[C@](NN3CCc4ccccc43)(C=C3C=CC(=N3)C=c3ccc([nH]3)=C2)N1. The van der Waals surface area contributed by atoms with Crippen molar-refractivity contribution in [3.05, 3.63) is 112 Å². The van der Waals surface area contributed by atoms with Gasteiger partial charge in [0.15, 0.2) is 0 Å². The van der Waals surface area contributed by atoms with Crippen molar-refractivity contribution in [2.24, 2.45) is 9.98 Å². The average molecular weight is 445 g/mol. The number of hydrazine groups is 1. The Balaban J connectivity index is 1.31.